The van der Waals surface area contributed by atoms with Gasteiger partial charge in [-0.3, -0.25) is 4.79 Å². The maximum atomic E-state index is 10.4. The van der Waals surface area contributed by atoms with Gasteiger partial charge in [-0.25, -0.2) is 0 Å². The summed E-state index contributed by atoms with van der Waals surface area (Å²) < 4.78 is 0. The van der Waals surface area contributed by atoms with E-state index in [-0.39, 0.29) is 25.7 Å². The topological polar surface area (TPSA) is 98.0 Å². The van der Waals surface area contributed by atoms with E-state index in [4.69, 9.17) is 5.11 Å². The Morgan fingerprint density at radius 3 is 1.66 bits per heavy atom. The van der Waals surface area contributed by atoms with Gasteiger partial charge in [0.15, 0.2) is 0 Å². The van der Waals surface area contributed by atoms with Crippen LogP contribution in [-0.4, -0.2) is 46.2 Å². The van der Waals surface area contributed by atoms with Crippen LogP contribution in [0.25, 0.3) is 0 Å². The summed E-state index contributed by atoms with van der Waals surface area (Å²) in [7, 11) is 0. The number of hydrogen-bond acceptors (Lipinski definition) is 4. The van der Waals surface area contributed by atoms with Crippen molar-refractivity contribution in [3.63, 3.8) is 0 Å². The molecule has 0 spiro atoms. The van der Waals surface area contributed by atoms with Gasteiger partial charge in [-0.15, -0.1) is 0 Å². The van der Waals surface area contributed by atoms with Gasteiger partial charge in [0, 0.05) is 18.4 Å². The molecular formula is C24H46O5. The van der Waals surface area contributed by atoms with Crippen LogP contribution in [0.1, 0.15) is 103 Å². The minimum atomic E-state index is -0.689. The molecule has 0 heterocycles. The summed E-state index contributed by atoms with van der Waals surface area (Å²) >= 11 is 0. The zero-order chi connectivity index (χ0) is 21.8. The molecule has 1 unspecified atom stereocenters. The molecule has 0 aromatic rings. The Morgan fingerprint density at radius 2 is 1.21 bits per heavy atom. The van der Waals surface area contributed by atoms with E-state index in [0.29, 0.717) is 6.42 Å². The predicted octanol–water partition coefficient (Wildman–Crippen LogP) is 5.08. The summed E-state index contributed by atoms with van der Waals surface area (Å²) in [6.45, 7) is 1.76. The fraction of sp³-hybridized carbons (Fsp3) is 0.875. The lowest BCUT2D eigenvalue weighted by molar-refractivity contribution is -0.137. The zero-order valence-electron chi connectivity index (χ0n) is 18.7. The van der Waals surface area contributed by atoms with Crippen molar-refractivity contribution in [1.82, 2.24) is 0 Å². The number of allylic oxidation sites excluding steroid dienone is 2. The van der Waals surface area contributed by atoms with Gasteiger partial charge in [0.1, 0.15) is 0 Å². The lowest BCUT2D eigenvalue weighted by Crippen LogP contribution is -2.38. The van der Waals surface area contributed by atoms with Crippen LogP contribution in [0.2, 0.25) is 0 Å². The first kappa shape index (κ1) is 28.1. The molecule has 0 saturated heterocycles. The largest absolute Gasteiger partial charge is 0.481 e. The van der Waals surface area contributed by atoms with E-state index in [2.05, 4.69) is 12.2 Å². The van der Waals surface area contributed by atoms with Crippen LogP contribution in [0.5, 0.6) is 0 Å². The Balaban J connectivity index is 3.48. The maximum Gasteiger partial charge on any atom is 0.303 e. The van der Waals surface area contributed by atoms with E-state index < -0.39 is 11.4 Å². The van der Waals surface area contributed by atoms with Crippen molar-refractivity contribution in [3.05, 3.63) is 12.2 Å². The van der Waals surface area contributed by atoms with Crippen molar-refractivity contribution in [3.8, 4) is 0 Å². The normalized spacial score (nSPS) is 13.2. The number of carbonyl (C=O) groups is 1. The average Bonchev–Trinajstić information content (AvgIpc) is 2.72. The third-order valence-electron chi connectivity index (χ3n) is 6.17. The highest BCUT2D eigenvalue weighted by Gasteiger charge is 2.34. The Morgan fingerprint density at radius 1 is 0.759 bits per heavy atom. The van der Waals surface area contributed by atoms with Gasteiger partial charge >= 0.3 is 5.97 Å². The first-order chi connectivity index (χ1) is 14.0. The number of unbranched alkanes of at least 4 members (excludes halogenated alkanes) is 11. The lowest BCUT2D eigenvalue weighted by Gasteiger charge is -2.35. The molecule has 0 aromatic carbocycles. The number of hydrogen-bond donors (Lipinski definition) is 4. The highest BCUT2D eigenvalue weighted by molar-refractivity contribution is 5.66. The van der Waals surface area contributed by atoms with Gasteiger partial charge in [0.2, 0.25) is 0 Å². The monoisotopic (exact) mass is 414 g/mol. The third kappa shape index (κ3) is 14.7. The molecule has 0 rings (SSSR count). The summed E-state index contributed by atoms with van der Waals surface area (Å²) in [6.07, 6.45) is 20.2. The van der Waals surface area contributed by atoms with Crippen LogP contribution in [0, 0.1) is 11.3 Å². The van der Waals surface area contributed by atoms with Gasteiger partial charge in [-0.2, -0.15) is 0 Å². The van der Waals surface area contributed by atoms with E-state index in [9.17, 15) is 20.1 Å². The van der Waals surface area contributed by atoms with E-state index in [1.807, 2.05) is 6.92 Å². The average molecular weight is 415 g/mol. The first-order valence-electron chi connectivity index (χ1n) is 11.7. The molecule has 0 fully saturated rings. The molecule has 172 valence electrons. The second-order valence-corrected chi connectivity index (χ2v) is 8.59. The van der Waals surface area contributed by atoms with Crippen LogP contribution in [-0.2, 0) is 4.79 Å². The second-order valence-electron chi connectivity index (χ2n) is 8.59. The van der Waals surface area contributed by atoms with E-state index in [0.717, 1.165) is 51.4 Å². The zero-order valence-corrected chi connectivity index (χ0v) is 18.7. The molecule has 0 aliphatic carbocycles. The molecule has 0 bridgehead atoms. The van der Waals surface area contributed by atoms with Crippen LogP contribution in [0.3, 0.4) is 0 Å². The van der Waals surface area contributed by atoms with Crippen LogP contribution >= 0.6 is 0 Å². The number of carboxylic acids is 1. The van der Waals surface area contributed by atoms with Gasteiger partial charge in [-0.1, -0.05) is 70.4 Å². The third-order valence-corrected chi connectivity index (χ3v) is 6.17. The Kier molecular flexibility index (Phi) is 18.5. The summed E-state index contributed by atoms with van der Waals surface area (Å²) in [5, 5.41) is 37.2. The molecule has 0 aliphatic heterocycles. The Hall–Kier alpha value is -0.910. The maximum absolute atomic E-state index is 10.4. The SMILES string of the molecule is CC(CO)C(CO)(CO)CCCCCCCCC=CCCCCCCCC(=O)O. The van der Waals surface area contributed by atoms with Crippen LogP contribution in [0.15, 0.2) is 12.2 Å². The first-order valence-corrected chi connectivity index (χ1v) is 11.7. The molecule has 0 aromatic heterocycles. The van der Waals surface area contributed by atoms with Gasteiger partial charge in [0.25, 0.3) is 0 Å². The molecule has 29 heavy (non-hydrogen) atoms. The van der Waals surface area contributed by atoms with Crippen LogP contribution in [0.4, 0.5) is 0 Å². The predicted molar refractivity (Wildman–Crippen MR) is 119 cm³/mol. The van der Waals surface area contributed by atoms with E-state index in [1.54, 1.807) is 0 Å². The summed E-state index contributed by atoms with van der Waals surface area (Å²) in [4.78, 5) is 10.4. The molecule has 1 atom stereocenters. The van der Waals surface area contributed by atoms with Crippen molar-refractivity contribution in [2.45, 2.75) is 103 Å². The summed E-state index contributed by atoms with van der Waals surface area (Å²) in [6, 6.07) is 0. The highest BCUT2D eigenvalue weighted by atomic mass is 16.4. The molecule has 0 radical (unpaired) electrons. The second kappa shape index (κ2) is 19.1. The van der Waals surface area contributed by atoms with Crippen molar-refractivity contribution in [2.75, 3.05) is 19.8 Å². The molecule has 0 amide bonds. The number of rotatable bonds is 21. The lowest BCUT2D eigenvalue weighted by atomic mass is 9.74. The van der Waals surface area contributed by atoms with Crippen LogP contribution < -0.4 is 0 Å². The minimum Gasteiger partial charge on any atom is -0.481 e. The molecular weight excluding hydrogens is 368 g/mol. The minimum absolute atomic E-state index is 0.00142. The molecule has 5 nitrogen and oxygen atoms in total. The smallest absolute Gasteiger partial charge is 0.303 e. The standard InChI is InChI=1S/C24H46O5/c1-22(19-25)24(20-26,21-27)18-16-14-12-10-8-6-4-2-3-5-7-9-11-13-15-17-23(28)29/h2-3,22,25-27H,4-21H2,1H3,(H,28,29). The molecule has 4 N–H and O–H groups in total. The van der Waals surface area contributed by atoms with E-state index in [1.165, 1.54) is 38.5 Å². The highest BCUT2D eigenvalue weighted by Crippen LogP contribution is 2.33. The number of aliphatic hydroxyl groups is 3. The Labute approximate surface area is 178 Å². The molecule has 0 saturated carbocycles. The quantitative estimate of drug-likeness (QED) is 0.155. The van der Waals surface area contributed by atoms with Crippen molar-refractivity contribution in [2.24, 2.45) is 11.3 Å². The van der Waals surface area contributed by atoms with Crippen molar-refractivity contribution < 1.29 is 25.2 Å². The number of aliphatic hydroxyl groups excluding tert-OH is 3. The number of aliphatic carboxylic acids is 1. The van der Waals surface area contributed by atoms with Crippen molar-refractivity contribution in [1.29, 1.82) is 0 Å². The van der Waals surface area contributed by atoms with Gasteiger partial charge in [-0.05, 0) is 44.4 Å². The van der Waals surface area contributed by atoms with Gasteiger partial charge in [0.05, 0.1) is 13.2 Å². The number of carboxylic acid groups (broad SMARTS) is 1. The Bertz CT molecular complexity index is 404. The fourth-order valence-electron chi connectivity index (χ4n) is 3.71. The van der Waals surface area contributed by atoms with E-state index >= 15 is 0 Å². The van der Waals surface area contributed by atoms with Crippen molar-refractivity contribution >= 4 is 5.97 Å². The molecule has 0 aliphatic rings. The molecule has 5 heteroatoms. The summed E-state index contributed by atoms with van der Waals surface area (Å²) in [5.41, 5.74) is -0.544. The fourth-order valence-corrected chi connectivity index (χ4v) is 3.71. The van der Waals surface area contributed by atoms with Gasteiger partial charge < -0.3 is 20.4 Å². The summed E-state index contributed by atoms with van der Waals surface area (Å²) in [5.74, 6) is -0.771.